The van der Waals surface area contributed by atoms with Crippen LogP contribution in [0.3, 0.4) is 0 Å². The van der Waals surface area contributed by atoms with Crippen molar-refractivity contribution in [1.82, 2.24) is 0 Å². The van der Waals surface area contributed by atoms with Gasteiger partial charge in [-0.1, -0.05) is 46.4 Å². The number of halogens is 6. The molecular weight excluding hydrogens is 621 g/mol. The Hall–Kier alpha value is 0.220. The molecule has 2 rings (SSSR count). The minimum Gasteiger partial charge on any atom is -0.481 e. The number of aliphatic hydroxyl groups excluding tert-OH is 2. The summed E-state index contributed by atoms with van der Waals surface area (Å²) < 4.78 is 13.8. The van der Waals surface area contributed by atoms with E-state index >= 15 is 0 Å². The highest BCUT2D eigenvalue weighted by Gasteiger charge is 2.96. The maximum absolute atomic E-state index is 13.0. The Bertz CT molecular complexity index is 915. The van der Waals surface area contributed by atoms with Gasteiger partial charge in [-0.25, -0.2) is 0 Å². The number of alkyl halides is 4. The Morgan fingerprint density at radius 3 is 1.73 bits per heavy atom. The molecule has 2 bridgehead atoms. The van der Waals surface area contributed by atoms with Gasteiger partial charge >= 0.3 is 11.9 Å². The lowest BCUT2D eigenvalue weighted by Crippen LogP contribution is -2.65. The summed E-state index contributed by atoms with van der Waals surface area (Å²) in [7, 11) is 0. The Balaban J connectivity index is 2.33. The fourth-order valence-corrected chi connectivity index (χ4v) is 8.74. The molecule has 0 aliphatic heterocycles. The molecule has 0 aromatic carbocycles. The topological polar surface area (TPSA) is 143 Å². The molecule has 214 valence electrons. The first-order valence-corrected chi connectivity index (χ1v) is 13.6. The van der Waals surface area contributed by atoms with E-state index in [0.29, 0.717) is 0 Å². The van der Waals surface area contributed by atoms with E-state index in [1.807, 2.05) is 0 Å². The smallest absolute Gasteiger partial charge is 0.313 e. The normalized spacial score (nSPS) is 35.0. The Morgan fingerprint density at radius 1 is 0.784 bits per heavy atom. The summed E-state index contributed by atoms with van der Waals surface area (Å²) in [6, 6.07) is 0. The number of carbonyl (C=O) groups is 2. The number of hydrogen-bond donors (Lipinski definition) is 4. The Kier molecular flexibility index (Phi) is 10.8. The SMILES string of the molecule is CC(O)COC(C)COCCOCCC1(C(=O)O)C2(Cl)C(Cl)=C(Cl)C(Cl)(C2(Cl)Cl)C1(CC(C)O)C(=O)O. The average molecular weight is 651 g/mol. The number of fused-ring (bicyclic) bond motifs is 2. The van der Waals surface area contributed by atoms with Gasteiger partial charge in [0, 0.05) is 6.61 Å². The summed E-state index contributed by atoms with van der Waals surface area (Å²) in [5, 5.41) is 39.6. The zero-order chi connectivity index (χ0) is 28.6. The lowest BCUT2D eigenvalue weighted by atomic mass is 9.53. The Morgan fingerprint density at radius 2 is 1.27 bits per heavy atom. The quantitative estimate of drug-likeness (QED) is 0.153. The van der Waals surface area contributed by atoms with E-state index < -0.39 is 72.0 Å². The summed E-state index contributed by atoms with van der Waals surface area (Å²) >= 11 is 39.6. The molecule has 1 fully saturated rings. The van der Waals surface area contributed by atoms with Crippen molar-refractivity contribution in [3.05, 3.63) is 10.1 Å². The maximum atomic E-state index is 13.0. The monoisotopic (exact) mass is 648 g/mol. The first-order chi connectivity index (χ1) is 16.9. The second kappa shape index (κ2) is 12.0. The van der Waals surface area contributed by atoms with Gasteiger partial charge in [0.1, 0.15) is 20.6 Å². The highest BCUT2D eigenvalue weighted by Crippen LogP contribution is 2.85. The fourth-order valence-electron chi connectivity index (χ4n) is 5.36. The van der Waals surface area contributed by atoms with E-state index in [1.54, 1.807) is 13.8 Å². The molecule has 37 heavy (non-hydrogen) atoms. The van der Waals surface area contributed by atoms with E-state index in [0.717, 1.165) is 0 Å². The minimum atomic E-state index is -2.60. The summed E-state index contributed by atoms with van der Waals surface area (Å²) in [4.78, 5) is 21.0. The van der Waals surface area contributed by atoms with Crippen LogP contribution in [0.4, 0.5) is 0 Å². The standard InChI is InChI=1S/C22H30Cl6O9/c1-11(29)8-19(17(33)34)18(16(31)32,20(25)14(23)15(24)21(19,26)22(20,27)28)4-5-35-6-7-36-10-13(3)37-9-12(2)30/h11-13,29-30H,4-10H2,1-3H3,(H,31,32)(H,33,34). The third kappa shape index (κ3) is 4.78. The number of carboxylic acid groups (broad SMARTS) is 2. The molecule has 4 N–H and O–H groups in total. The van der Waals surface area contributed by atoms with Gasteiger partial charge in [0.25, 0.3) is 0 Å². The van der Waals surface area contributed by atoms with Gasteiger partial charge in [0.15, 0.2) is 4.33 Å². The van der Waals surface area contributed by atoms with Crippen LogP contribution in [-0.2, 0) is 23.8 Å². The largest absolute Gasteiger partial charge is 0.481 e. The molecule has 1 saturated carbocycles. The van der Waals surface area contributed by atoms with E-state index in [2.05, 4.69) is 0 Å². The van der Waals surface area contributed by atoms with Gasteiger partial charge in [-0.3, -0.25) is 9.59 Å². The van der Waals surface area contributed by atoms with Crippen LogP contribution in [0.2, 0.25) is 0 Å². The molecule has 7 unspecified atom stereocenters. The molecule has 0 spiro atoms. The first-order valence-electron chi connectivity index (χ1n) is 11.3. The Labute approximate surface area is 244 Å². The fraction of sp³-hybridized carbons (Fsp3) is 0.818. The minimum absolute atomic E-state index is 0.00776. The van der Waals surface area contributed by atoms with Gasteiger partial charge in [-0.2, -0.15) is 0 Å². The predicted molar refractivity (Wildman–Crippen MR) is 140 cm³/mol. The number of rotatable bonds is 15. The van der Waals surface area contributed by atoms with E-state index in [9.17, 15) is 30.0 Å². The van der Waals surface area contributed by atoms with Crippen LogP contribution in [-0.4, -0.2) is 97.8 Å². The van der Waals surface area contributed by atoms with Crippen molar-refractivity contribution >= 4 is 81.5 Å². The molecule has 7 atom stereocenters. The summed E-state index contributed by atoms with van der Waals surface area (Å²) in [5.74, 6) is -3.43. The number of aliphatic hydroxyl groups is 2. The second-order valence-electron chi connectivity index (χ2n) is 9.42. The zero-order valence-corrected chi connectivity index (χ0v) is 24.8. The van der Waals surface area contributed by atoms with Crippen molar-refractivity contribution in [2.75, 3.05) is 33.0 Å². The van der Waals surface area contributed by atoms with E-state index in [4.69, 9.17) is 83.8 Å². The van der Waals surface area contributed by atoms with E-state index in [-0.39, 0.29) is 39.1 Å². The molecule has 9 nitrogen and oxygen atoms in total. The molecule has 0 radical (unpaired) electrons. The predicted octanol–water partition coefficient (Wildman–Crippen LogP) is 3.95. The lowest BCUT2D eigenvalue weighted by molar-refractivity contribution is -0.180. The second-order valence-corrected chi connectivity index (χ2v) is 12.6. The van der Waals surface area contributed by atoms with Crippen LogP contribution in [0, 0.1) is 10.8 Å². The highest BCUT2D eigenvalue weighted by atomic mass is 35.5. The summed E-state index contributed by atoms with van der Waals surface area (Å²) in [6.07, 6.45) is -3.52. The highest BCUT2D eigenvalue weighted by molar-refractivity contribution is 6.67. The van der Waals surface area contributed by atoms with Gasteiger partial charge in [-0.05, 0) is 33.6 Å². The van der Waals surface area contributed by atoms with Crippen LogP contribution in [0.1, 0.15) is 33.6 Å². The van der Waals surface area contributed by atoms with Gasteiger partial charge < -0.3 is 34.6 Å². The number of allylic oxidation sites excluding steroid dienone is 2. The third-order valence-corrected chi connectivity index (χ3v) is 11.2. The van der Waals surface area contributed by atoms with Gasteiger partial charge in [-0.15, -0.1) is 23.2 Å². The van der Waals surface area contributed by atoms with Crippen molar-refractivity contribution in [2.24, 2.45) is 10.8 Å². The average Bonchev–Trinajstić information content (AvgIpc) is 2.96. The van der Waals surface area contributed by atoms with Crippen molar-refractivity contribution in [1.29, 1.82) is 0 Å². The van der Waals surface area contributed by atoms with E-state index in [1.165, 1.54) is 6.92 Å². The van der Waals surface area contributed by atoms with Crippen molar-refractivity contribution in [3.8, 4) is 0 Å². The molecule has 2 aliphatic carbocycles. The van der Waals surface area contributed by atoms with Gasteiger partial charge in [0.2, 0.25) is 0 Å². The van der Waals surface area contributed by atoms with Crippen LogP contribution < -0.4 is 0 Å². The van der Waals surface area contributed by atoms with Crippen LogP contribution >= 0.6 is 69.6 Å². The lowest BCUT2D eigenvalue weighted by Gasteiger charge is -2.51. The summed E-state index contributed by atoms with van der Waals surface area (Å²) in [6.45, 7) is 4.76. The molecule has 0 amide bonds. The molecule has 0 aromatic heterocycles. The zero-order valence-electron chi connectivity index (χ0n) is 20.3. The van der Waals surface area contributed by atoms with Gasteiger partial charge in [0.05, 0.1) is 54.8 Å². The van der Waals surface area contributed by atoms with Crippen molar-refractivity contribution < 1.29 is 44.2 Å². The molecule has 0 saturated heterocycles. The number of aliphatic carboxylic acids is 2. The van der Waals surface area contributed by atoms with Crippen LogP contribution in [0.5, 0.6) is 0 Å². The molecule has 15 heteroatoms. The van der Waals surface area contributed by atoms with Crippen LogP contribution in [0.15, 0.2) is 10.1 Å². The van der Waals surface area contributed by atoms with Crippen molar-refractivity contribution in [3.63, 3.8) is 0 Å². The number of carboxylic acids is 2. The molecule has 0 aromatic rings. The number of ether oxygens (including phenoxy) is 3. The molecule has 2 aliphatic rings. The first kappa shape index (κ1) is 33.4. The number of hydrogen-bond acceptors (Lipinski definition) is 7. The van der Waals surface area contributed by atoms with Crippen molar-refractivity contribution in [2.45, 2.75) is 66.0 Å². The third-order valence-electron chi connectivity index (χ3n) is 6.87. The summed E-state index contributed by atoms with van der Waals surface area (Å²) in [5.41, 5.74) is -5.16. The maximum Gasteiger partial charge on any atom is 0.313 e. The van der Waals surface area contributed by atoms with Crippen LogP contribution in [0.25, 0.3) is 0 Å². The molecule has 0 heterocycles. The molecular formula is C22H30Cl6O9.